The first kappa shape index (κ1) is 12.5. The van der Waals surface area contributed by atoms with E-state index in [-0.39, 0.29) is 5.41 Å². The first-order chi connectivity index (χ1) is 9.27. The van der Waals surface area contributed by atoms with Crippen LogP contribution in [-0.4, -0.2) is 26.9 Å². The molecule has 1 aromatic heterocycles. The number of hydrogen-bond donors (Lipinski definition) is 1. The minimum atomic E-state index is -0.0789. The van der Waals surface area contributed by atoms with Crippen LogP contribution in [0.3, 0.4) is 0 Å². The molecule has 1 aromatic carbocycles. The average molecular weight is 261 g/mol. The van der Waals surface area contributed by atoms with Crippen molar-refractivity contribution in [1.29, 1.82) is 0 Å². The van der Waals surface area contributed by atoms with Crippen molar-refractivity contribution in [2.75, 3.05) is 26.9 Å². The molecule has 2 aromatic rings. The Bertz CT molecular complexity index is 570. The molecule has 4 heteroatoms. The molecular formula is C15H19NO3. The summed E-state index contributed by atoms with van der Waals surface area (Å²) in [6.07, 6.45) is 1.83. The zero-order valence-corrected chi connectivity index (χ0v) is 11.1. The molecule has 1 saturated heterocycles. The van der Waals surface area contributed by atoms with Crippen molar-refractivity contribution in [1.82, 2.24) is 0 Å². The van der Waals surface area contributed by atoms with E-state index in [0.29, 0.717) is 6.54 Å². The van der Waals surface area contributed by atoms with E-state index >= 15 is 0 Å². The van der Waals surface area contributed by atoms with Gasteiger partial charge in [-0.15, -0.1) is 0 Å². The van der Waals surface area contributed by atoms with E-state index in [1.54, 1.807) is 7.11 Å². The Labute approximate surface area is 112 Å². The number of nitrogens with two attached hydrogens (primary N) is 1. The maximum absolute atomic E-state index is 6.01. The third kappa shape index (κ3) is 2.11. The second kappa shape index (κ2) is 4.87. The quantitative estimate of drug-likeness (QED) is 0.922. The topological polar surface area (TPSA) is 57.6 Å². The molecule has 19 heavy (non-hydrogen) atoms. The van der Waals surface area contributed by atoms with Crippen LogP contribution >= 0.6 is 0 Å². The Morgan fingerprint density at radius 2 is 2.05 bits per heavy atom. The summed E-state index contributed by atoms with van der Waals surface area (Å²) >= 11 is 0. The fourth-order valence-corrected chi connectivity index (χ4v) is 2.72. The highest BCUT2D eigenvalue weighted by molar-refractivity contribution is 5.79. The molecule has 1 aliphatic heterocycles. The van der Waals surface area contributed by atoms with Crippen molar-refractivity contribution in [3.05, 3.63) is 30.0 Å². The van der Waals surface area contributed by atoms with Gasteiger partial charge in [0.15, 0.2) is 0 Å². The van der Waals surface area contributed by atoms with Crippen LogP contribution in [0.25, 0.3) is 11.0 Å². The first-order valence-corrected chi connectivity index (χ1v) is 6.63. The van der Waals surface area contributed by atoms with Crippen molar-refractivity contribution in [2.45, 2.75) is 18.3 Å². The van der Waals surface area contributed by atoms with Crippen LogP contribution in [0, 0.1) is 0 Å². The Morgan fingerprint density at radius 1 is 1.26 bits per heavy atom. The Kier molecular flexibility index (Phi) is 3.21. The fraction of sp³-hybridized carbons (Fsp3) is 0.467. The molecule has 0 radical (unpaired) electrons. The second-order valence-corrected chi connectivity index (χ2v) is 5.11. The SMILES string of the molecule is COc1ccc2oc(C3(CN)CCOCC3)cc2c1. The number of benzene rings is 1. The van der Waals surface area contributed by atoms with Gasteiger partial charge in [-0.2, -0.15) is 0 Å². The van der Waals surface area contributed by atoms with Gasteiger partial charge in [0.1, 0.15) is 17.1 Å². The maximum atomic E-state index is 6.01. The smallest absolute Gasteiger partial charge is 0.134 e. The molecule has 0 aliphatic carbocycles. The highest BCUT2D eigenvalue weighted by Gasteiger charge is 2.36. The van der Waals surface area contributed by atoms with Gasteiger partial charge in [0, 0.05) is 30.6 Å². The summed E-state index contributed by atoms with van der Waals surface area (Å²) in [4.78, 5) is 0. The van der Waals surface area contributed by atoms with E-state index in [0.717, 1.165) is 48.5 Å². The number of ether oxygens (including phenoxy) is 2. The van der Waals surface area contributed by atoms with Crippen LogP contribution in [0.1, 0.15) is 18.6 Å². The molecule has 2 heterocycles. The number of methoxy groups -OCH3 is 1. The summed E-state index contributed by atoms with van der Waals surface area (Å²) in [7, 11) is 1.67. The summed E-state index contributed by atoms with van der Waals surface area (Å²) < 4.78 is 16.7. The minimum Gasteiger partial charge on any atom is -0.497 e. The van der Waals surface area contributed by atoms with E-state index in [2.05, 4.69) is 6.07 Å². The monoisotopic (exact) mass is 261 g/mol. The summed E-state index contributed by atoms with van der Waals surface area (Å²) in [5.74, 6) is 1.81. The van der Waals surface area contributed by atoms with E-state index in [1.807, 2.05) is 18.2 Å². The lowest BCUT2D eigenvalue weighted by Gasteiger charge is -2.34. The summed E-state index contributed by atoms with van der Waals surface area (Å²) in [5, 5.41) is 1.06. The van der Waals surface area contributed by atoms with Crippen molar-refractivity contribution in [3.63, 3.8) is 0 Å². The second-order valence-electron chi connectivity index (χ2n) is 5.11. The number of furan rings is 1. The van der Waals surface area contributed by atoms with Gasteiger partial charge in [-0.3, -0.25) is 0 Å². The van der Waals surface area contributed by atoms with Crippen LogP contribution in [-0.2, 0) is 10.2 Å². The minimum absolute atomic E-state index is 0.0789. The van der Waals surface area contributed by atoms with Gasteiger partial charge in [0.2, 0.25) is 0 Å². The average Bonchev–Trinajstić information content (AvgIpc) is 2.91. The molecule has 102 valence electrons. The van der Waals surface area contributed by atoms with Crippen LogP contribution < -0.4 is 10.5 Å². The zero-order chi connectivity index (χ0) is 13.3. The summed E-state index contributed by atoms with van der Waals surface area (Å²) in [6, 6.07) is 7.94. The molecule has 0 bridgehead atoms. The molecule has 0 spiro atoms. The van der Waals surface area contributed by atoms with Crippen molar-refractivity contribution >= 4 is 11.0 Å². The first-order valence-electron chi connectivity index (χ1n) is 6.63. The van der Waals surface area contributed by atoms with Gasteiger partial charge in [0.25, 0.3) is 0 Å². The van der Waals surface area contributed by atoms with E-state index in [4.69, 9.17) is 19.6 Å². The lowest BCUT2D eigenvalue weighted by atomic mass is 9.78. The highest BCUT2D eigenvalue weighted by Crippen LogP contribution is 2.37. The van der Waals surface area contributed by atoms with E-state index in [9.17, 15) is 0 Å². The zero-order valence-electron chi connectivity index (χ0n) is 11.1. The van der Waals surface area contributed by atoms with Gasteiger partial charge in [-0.25, -0.2) is 0 Å². The Hall–Kier alpha value is -1.52. The fourth-order valence-electron chi connectivity index (χ4n) is 2.72. The summed E-state index contributed by atoms with van der Waals surface area (Å²) in [6.45, 7) is 2.09. The maximum Gasteiger partial charge on any atom is 0.134 e. The lowest BCUT2D eigenvalue weighted by Crippen LogP contribution is -2.40. The molecular weight excluding hydrogens is 242 g/mol. The molecule has 0 atom stereocenters. The third-order valence-corrected chi connectivity index (χ3v) is 4.09. The third-order valence-electron chi connectivity index (χ3n) is 4.09. The van der Waals surface area contributed by atoms with Crippen LogP contribution in [0.2, 0.25) is 0 Å². The van der Waals surface area contributed by atoms with Crippen molar-refractivity contribution in [2.24, 2.45) is 5.73 Å². The molecule has 1 aliphatic rings. The van der Waals surface area contributed by atoms with E-state index in [1.165, 1.54) is 0 Å². The van der Waals surface area contributed by atoms with Gasteiger partial charge < -0.3 is 19.6 Å². The summed E-state index contributed by atoms with van der Waals surface area (Å²) in [5.41, 5.74) is 6.81. The van der Waals surface area contributed by atoms with Gasteiger partial charge >= 0.3 is 0 Å². The predicted molar refractivity (Wildman–Crippen MR) is 73.6 cm³/mol. The largest absolute Gasteiger partial charge is 0.497 e. The molecule has 1 fully saturated rings. The molecule has 0 saturated carbocycles. The van der Waals surface area contributed by atoms with Crippen LogP contribution in [0.15, 0.2) is 28.7 Å². The van der Waals surface area contributed by atoms with Gasteiger partial charge in [0.05, 0.1) is 7.11 Å². The van der Waals surface area contributed by atoms with E-state index < -0.39 is 0 Å². The highest BCUT2D eigenvalue weighted by atomic mass is 16.5. The predicted octanol–water partition coefficient (Wildman–Crippen LogP) is 2.45. The van der Waals surface area contributed by atoms with Crippen LogP contribution in [0.4, 0.5) is 0 Å². The van der Waals surface area contributed by atoms with Crippen molar-refractivity contribution < 1.29 is 13.9 Å². The molecule has 0 amide bonds. The standard InChI is InChI=1S/C15H19NO3/c1-17-12-2-3-13-11(8-12)9-14(19-13)15(10-16)4-6-18-7-5-15/h2-3,8-9H,4-7,10,16H2,1H3. The molecule has 4 nitrogen and oxygen atoms in total. The lowest BCUT2D eigenvalue weighted by molar-refractivity contribution is 0.0458. The Balaban J connectivity index is 2.03. The normalized spacial score (nSPS) is 18.6. The number of fused-ring (bicyclic) bond motifs is 1. The van der Waals surface area contributed by atoms with Crippen LogP contribution in [0.5, 0.6) is 5.75 Å². The van der Waals surface area contributed by atoms with Gasteiger partial charge in [-0.1, -0.05) is 0 Å². The number of hydrogen-bond acceptors (Lipinski definition) is 4. The van der Waals surface area contributed by atoms with Gasteiger partial charge in [-0.05, 0) is 37.1 Å². The van der Waals surface area contributed by atoms with Crippen molar-refractivity contribution in [3.8, 4) is 5.75 Å². The Morgan fingerprint density at radius 3 is 2.74 bits per heavy atom. The molecule has 0 unspecified atom stereocenters. The molecule has 3 rings (SSSR count). The number of rotatable bonds is 3. The molecule has 2 N–H and O–H groups in total.